The first-order valence-electron chi connectivity index (χ1n) is 10.6. The highest BCUT2D eigenvalue weighted by Crippen LogP contribution is 2.38. The van der Waals surface area contributed by atoms with Crippen molar-refractivity contribution in [1.82, 2.24) is 9.88 Å². The molecular formula is C26H16ClF7N2O. The van der Waals surface area contributed by atoms with E-state index in [0.717, 1.165) is 4.90 Å². The van der Waals surface area contributed by atoms with Crippen LogP contribution in [0.2, 0.25) is 5.15 Å². The Hall–Kier alpha value is -3.66. The molecule has 1 aromatic heterocycles. The largest absolute Gasteiger partial charge is 0.416 e. The van der Waals surface area contributed by atoms with Crippen LogP contribution in [-0.4, -0.2) is 22.8 Å². The Morgan fingerprint density at radius 2 is 1.41 bits per heavy atom. The Balaban J connectivity index is 1.80. The fourth-order valence-corrected chi connectivity index (χ4v) is 4.17. The van der Waals surface area contributed by atoms with Crippen molar-refractivity contribution in [2.75, 3.05) is 7.05 Å². The molecule has 0 N–H and O–H groups in total. The smallest absolute Gasteiger partial charge is 0.336 e. The van der Waals surface area contributed by atoms with Gasteiger partial charge in [-0.15, -0.1) is 0 Å². The number of hydrogen-bond donors (Lipinski definition) is 0. The van der Waals surface area contributed by atoms with Crippen molar-refractivity contribution in [2.24, 2.45) is 0 Å². The van der Waals surface area contributed by atoms with E-state index in [9.17, 15) is 35.5 Å². The zero-order valence-electron chi connectivity index (χ0n) is 18.9. The summed E-state index contributed by atoms with van der Waals surface area (Å²) in [7, 11) is 1.22. The molecule has 3 nitrogen and oxygen atoms in total. The third-order valence-electron chi connectivity index (χ3n) is 5.61. The van der Waals surface area contributed by atoms with E-state index < -0.39 is 41.7 Å². The molecule has 3 aromatic carbocycles. The zero-order valence-corrected chi connectivity index (χ0v) is 19.6. The van der Waals surface area contributed by atoms with Gasteiger partial charge in [-0.1, -0.05) is 48.0 Å². The van der Waals surface area contributed by atoms with Crippen molar-refractivity contribution in [1.29, 1.82) is 0 Å². The van der Waals surface area contributed by atoms with Crippen LogP contribution in [0.1, 0.15) is 27.2 Å². The lowest BCUT2D eigenvalue weighted by atomic mass is 9.96. The van der Waals surface area contributed by atoms with Gasteiger partial charge in [-0.25, -0.2) is 9.37 Å². The Bertz CT molecular complexity index is 1450. The van der Waals surface area contributed by atoms with Crippen LogP contribution < -0.4 is 0 Å². The van der Waals surface area contributed by atoms with Crippen molar-refractivity contribution in [3.8, 4) is 11.1 Å². The van der Waals surface area contributed by atoms with Gasteiger partial charge in [0.1, 0.15) is 16.7 Å². The molecule has 0 radical (unpaired) electrons. The SMILES string of the molecule is CN(Cc1cc(C(F)(F)F)cc(C(F)(F)F)c1)C(=O)c1nc(Cl)c2ccccc2c1-c1ccc(F)cc1. The summed E-state index contributed by atoms with van der Waals surface area (Å²) in [6.45, 7) is -0.583. The van der Waals surface area contributed by atoms with Gasteiger partial charge in [0.15, 0.2) is 0 Å². The lowest BCUT2D eigenvalue weighted by Gasteiger charge is -2.21. The number of carbonyl (C=O) groups excluding carboxylic acids is 1. The Morgan fingerprint density at radius 3 is 1.95 bits per heavy atom. The minimum Gasteiger partial charge on any atom is -0.336 e. The molecular weight excluding hydrogens is 525 g/mol. The second-order valence-electron chi connectivity index (χ2n) is 8.25. The predicted octanol–water partition coefficient (Wildman–Crippen LogP) is 8.00. The second kappa shape index (κ2) is 9.66. The number of alkyl halides is 6. The van der Waals surface area contributed by atoms with E-state index in [-0.39, 0.29) is 28.0 Å². The summed E-state index contributed by atoms with van der Waals surface area (Å²) >= 11 is 6.31. The third-order valence-corrected chi connectivity index (χ3v) is 5.90. The van der Waals surface area contributed by atoms with Crippen molar-refractivity contribution in [3.05, 3.63) is 100 Å². The molecule has 0 saturated carbocycles. The summed E-state index contributed by atoms with van der Waals surface area (Å²) in [4.78, 5) is 18.6. The minimum atomic E-state index is -5.03. The molecule has 0 fully saturated rings. The topological polar surface area (TPSA) is 33.2 Å². The fraction of sp³-hybridized carbons (Fsp3) is 0.154. The fourth-order valence-electron chi connectivity index (χ4n) is 3.92. The Kier molecular flexibility index (Phi) is 6.89. The summed E-state index contributed by atoms with van der Waals surface area (Å²) in [6.07, 6.45) is -10.1. The summed E-state index contributed by atoms with van der Waals surface area (Å²) in [6, 6.07) is 13.0. The molecule has 0 spiro atoms. The minimum absolute atomic E-state index is 0.0165. The van der Waals surface area contributed by atoms with Crippen molar-refractivity contribution >= 4 is 28.3 Å². The predicted molar refractivity (Wildman–Crippen MR) is 124 cm³/mol. The monoisotopic (exact) mass is 540 g/mol. The van der Waals surface area contributed by atoms with Crippen molar-refractivity contribution < 1.29 is 35.5 Å². The Morgan fingerprint density at radius 1 is 0.865 bits per heavy atom. The summed E-state index contributed by atoms with van der Waals surface area (Å²) in [5, 5.41) is 0.969. The van der Waals surface area contributed by atoms with Crippen molar-refractivity contribution in [3.63, 3.8) is 0 Å². The molecule has 11 heteroatoms. The number of aromatic nitrogens is 1. The van der Waals surface area contributed by atoms with E-state index in [4.69, 9.17) is 11.6 Å². The molecule has 4 rings (SSSR count). The molecule has 4 aromatic rings. The quantitative estimate of drug-likeness (QED) is 0.194. The van der Waals surface area contributed by atoms with Crippen LogP contribution >= 0.6 is 11.6 Å². The molecule has 1 heterocycles. The van der Waals surface area contributed by atoms with Gasteiger partial charge >= 0.3 is 12.4 Å². The highest BCUT2D eigenvalue weighted by molar-refractivity contribution is 6.35. The lowest BCUT2D eigenvalue weighted by molar-refractivity contribution is -0.143. The van der Waals surface area contributed by atoms with E-state index >= 15 is 0 Å². The molecule has 0 atom stereocenters. The highest BCUT2D eigenvalue weighted by Gasteiger charge is 2.37. The van der Waals surface area contributed by atoms with E-state index in [1.807, 2.05) is 0 Å². The third kappa shape index (κ3) is 5.53. The van der Waals surface area contributed by atoms with Gasteiger partial charge in [-0.05, 0) is 46.8 Å². The normalized spacial score (nSPS) is 12.1. The molecule has 192 valence electrons. The molecule has 0 aliphatic heterocycles. The van der Waals surface area contributed by atoms with E-state index in [1.165, 1.54) is 31.3 Å². The molecule has 1 amide bonds. The number of rotatable bonds is 4. The van der Waals surface area contributed by atoms with Crippen LogP contribution in [0.4, 0.5) is 30.7 Å². The Labute approximate surface area is 211 Å². The van der Waals surface area contributed by atoms with Gasteiger partial charge in [-0.2, -0.15) is 26.3 Å². The number of halogens is 8. The first-order valence-corrected chi connectivity index (χ1v) is 11.0. The van der Waals surface area contributed by atoms with Crippen LogP contribution in [-0.2, 0) is 18.9 Å². The van der Waals surface area contributed by atoms with Crippen LogP contribution in [0, 0.1) is 5.82 Å². The number of hydrogen-bond acceptors (Lipinski definition) is 2. The van der Waals surface area contributed by atoms with Gasteiger partial charge in [0.2, 0.25) is 0 Å². The first kappa shape index (κ1) is 26.4. The second-order valence-corrected chi connectivity index (χ2v) is 8.61. The van der Waals surface area contributed by atoms with Crippen LogP contribution in [0.25, 0.3) is 21.9 Å². The van der Waals surface area contributed by atoms with Crippen molar-refractivity contribution in [2.45, 2.75) is 18.9 Å². The number of fused-ring (bicyclic) bond motifs is 1. The van der Waals surface area contributed by atoms with E-state index in [2.05, 4.69) is 4.98 Å². The van der Waals surface area contributed by atoms with E-state index in [0.29, 0.717) is 28.5 Å². The van der Waals surface area contributed by atoms with Gasteiger partial charge < -0.3 is 4.90 Å². The molecule has 0 aliphatic carbocycles. The lowest BCUT2D eigenvalue weighted by Crippen LogP contribution is -2.28. The maximum absolute atomic E-state index is 13.6. The number of nitrogens with zero attached hydrogens (tertiary/aromatic N) is 2. The maximum Gasteiger partial charge on any atom is 0.416 e. The zero-order chi connectivity index (χ0) is 27.1. The molecule has 0 aliphatic rings. The number of benzene rings is 3. The van der Waals surface area contributed by atoms with Gasteiger partial charge in [-0.3, -0.25) is 4.79 Å². The first-order chi connectivity index (χ1) is 17.3. The van der Waals surface area contributed by atoms with E-state index in [1.54, 1.807) is 24.3 Å². The summed E-state index contributed by atoms with van der Waals surface area (Å²) in [5.41, 5.74) is -2.85. The van der Waals surface area contributed by atoms with Crippen LogP contribution in [0.3, 0.4) is 0 Å². The molecule has 0 saturated heterocycles. The highest BCUT2D eigenvalue weighted by atomic mass is 35.5. The standard InChI is InChI=1S/C26H16ClF7N2O/c1-36(13-14-10-16(25(29,30)31)12-17(11-14)26(32,33)34)24(37)22-21(15-6-8-18(28)9-7-15)19-4-2-3-5-20(19)23(27)35-22/h2-12H,13H2,1H3. The number of carbonyl (C=O) groups is 1. The van der Waals surface area contributed by atoms with Gasteiger partial charge in [0.05, 0.1) is 11.1 Å². The average Bonchev–Trinajstić information content (AvgIpc) is 2.83. The molecule has 37 heavy (non-hydrogen) atoms. The average molecular weight is 541 g/mol. The summed E-state index contributed by atoms with van der Waals surface area (Å²) < 4.78 is 93.1. The number of pyridine rings is 1. The van der Waals surface area contributed by atoms with Crippen LogP contribution in [0.5, 0.6) is 0 Å². The van der Waals surface area contributed by atoms with Gasteiger partial charge in [0.25, 0.3) is 5.91 Å². The molecule has 0 unspecified atom stereocenters. The number of amides is 1. The maximum atomic E-state index is 13.6. The summed E-state index contributed by atoms with van der Waals surface area (Å²) in [5.74, 6) is -1.33. The molecule has 0 bridgehead atoms. The van der Waals surface area contributed by atoms with Gasteiger partial charge in [0, 0.05) is 24.5 Å². The van der Waals surface area contributed by atoms with Crippen LogP contribution in [0.15, 0.2) is 66.7 Å².